The van der Waals surface area contributed by atoms with Crippen LogP contribution in [-0.4, -0.2) is 48.1 Å². The Morgan fingerprint density at radius 1 is 1.00 bits per heavy atom. The van der Waals surface area contributed by atoms with Crippen molar-refractivity contribution in [1.82, 2.24) is 0 Å². The Hall–Kier alpha value is -1.40. The number of esters is 2. The van der Waals surface area contributed by atoms with Crippen molar-refractivity contribution in [3.05, 3.63) is 12.2 Å². The number of aliphatic hydroxyl groups excluding tert-OH is 2. The number of carbonyl (C=O) groups is 2. The van der Waals surface area contributed by atoms with E-state index >= 15 is 0 Å². The van der Waals surface area contributed by atoms with E-state index in [0.717, 1.165) is 19.3 Å². The Morgan fingerprint density at radius 2 is 1.58 bits per heavy atom. The fourth-order valence-corrected chi connectivity index (χ4v) is 2.04. The van der Waals surface area contributed by atoms with E-state index in [1.54, 1.807) is 0 Å². The van der Waals surface area contributed by atoms with Gasteiger partial charge in [-0.3, -0.25) is 4.79 Å². The standard InChI is InChI=1S/C18H32O6/c1-3-4-5-6-7-8-9-10-11-23-18(22)15(2)12-17(21)24-14-16(20)13-19/h16,19-20H,2-14H2,1H3. The first-order valence-corrected chi connectivity index (χ1v) is 8.80. The SMILES string of the molecule is C=C(CC(=O)OCC(O)CO)C(=O)OCCCCCCCCCC. The second-order valence-electron chi connectivity index (χ2n) is 5.91. The quantitative estimate of drug-likeness (QED) is 0.269. The summed E-state index contributed by atoms with van der Waals surface area (Å²) in [4.78, 5) is 23.1. The van der Waals surface area contributed by atoms with E-state index in [-0.39, 0.29) is 18.6 Å². The van der Waals surface area contributed by atoms with Crippen molar-refractivity contribution in [2.24, 2.45) is 0 Å². The molecule has 0 saturated carbocycles. The first-order valence-electron chi connectivity index (χ1n) is 8.80. The van der Waals surface area contributed by atoms with E-state index in [2.05, 4.69) is 13.5 Å². The molecule has 1 atom stereocenters. The summed E-state index contributed by atoms with van der Waals surface area (Å²) < 4.78 is 9.76. The summed E-state index contributed by atoms with van der Waals surface area (Å²) in [6.07, 6.45) is 7.87. The van der Waals surface area contributed by atoms with Crippen LogP contribution >= 0.6 is 0 Å². The van der Waals surface area contributed by atoms with Crippen molar-refractivity contribution in [3.63, 3.8) is 0 Å². The lowest BCUT2D eigenvalue weighted by Crippen LogP contribution is -2.22. The Balaban J connectivity index is 3.62. The van der Waals surface area contributed by atoms with Gasteiger partial charge in [0.05, 0.1) is 19.6 Å². The molecular formula is C18H32O6. The first-order chi connectivity index (χ1) is 11.5. The molecule has 1 unspecified atom stereocenters. The molecule has 0 heterocycles. The van der Waals surface area contributed by atoms with Crippen LogP contribution < -0.4 is 0 Å². The average molecular weight is 344 g/mol. The summed E-state index contributed by atoms with van der Waals surface area (Å²) in [6.45, 7) is 5.23. The van der Waals surface area contributed by atoms with Gasteiger partial charge in [-0.05, 0) is 6.42 Å². The van der Waals surface area contributed by atoms with Crippen LogP contribution in [0.3, 0.4) is 0 Å². The van der Waals surface area contributed by atoms with Gasteiger partial charge in [0.15, 0.2) is 0 Å². The van der Waals surface area contributed by atoms with E-state index < -0.39 is 24.6 Å². The zero-order valence-corrected chi connectivity index (χ0v) is 14.8. The smallest absolute Gasteiger partial charge is 0.333 e. The fourth-order valence-electron chi connectivity index (χ4n) is 2.04. The van der Waals surface area contributed by atoms with Gasteiger partial charge in [-0.1, -0.05) is 58.4 Å². The molecule has 0 aliphatic rings. The number of aliphatic hydroxyl groups is 2. The van der Waals surface area contributed by atoms with Crippen LogP contribution in [0.2, 0.25) is 0 Å². The number of ether oxygens (including phenoxy) is 2. The lowest BCUT2D eigenvalue weighted by molar-refractivity contribution is -0.149. The van der Waals surface area contributed by atoms with Crippen molar-refractivity contribution in [2.75, 3.05) is 19.8 Å². The maximum atomic E-state index is 11.7. The van der Waals surface area contributed by atoms with Gasteiger partial charge in [0.25, 0.3) is 0 Å². The maximum Gasteiger partial charge on any atom is 0.333 e. The Kier molecular flexibility index (Phi) is 14.3. The molecule has 6 nitrogen and oxygen atoms in total. The molecule has 0 amide bonds. The summed E-state index contributed by atoms with van der Waals surface area (Å²) in [5.41, 5.74) is 0.0260. The molecule has 140 valence electrons. The first kappa shape index (κ1) is 22.6. The van der Waals surface area contributed by atoms with Crippen LogP contribution in [0.25, 0.3) is 0 Å². The molecule has 0 aliphatic heterocycles. The predicted molar refractivity (Wildman–Crippen MR) is 91.4 cm³/mol. The van der Waals surface area contributed by atoms with Gasteiger partial charge in [-0.2, -0.15) is 0 Å². The van der Waals surface area contributed by atoms with E-state index in [1.807, 2.05) is 0 Å². The Labute approximate surface area is 144 Å². The average Bonchev–Trinajstić information content (AvgIpc) is 2.57. The number of carbonyl (C=O) groups excluding carboxylic acids is 2. The second-order valence-corrected chi connectivity index (χ2v) is 5.91. The highest BCUT2D eigenvalue weighted by molar-refractivity contribution is 5.93. The largest absolute Gasteiger partial charge is 0.463 e. The van der Waals surface area contributed by atoms with Gasteiger partial charge >= 0.3 is 11.9 Å². The highest BCUT2D eigenvalue weighted by Gasteiger charge is 2.15. The van der Waals surface area contributed by atoms with Gasteiger partial charge in [-0.25, -0.2) is 4.79 Å². The minimum Gasteiger partial charge on any atom is -0.463 e. The molecule has 0 saturated heterocycles. The molecule has 0 aromatic rings. The van der Waals surface area contributed by atoms with Gasteiger partial charge in [0.2, 0.25) is 0 Å². The van der Waals surface area contributed by atoms with E-state index in [1.165, 1.54) is 32.1 Å². The molecular weight excluding hydrogens is 312 g/mol. The van der Waals surface area contributed by atoms with Crippen molar-refractivity contribution in [3.8, 4) is 0 Å². The van der Waals surface area contributed by atoms with Crippen LogP contribution in [-0.2, 0) is 19.1 Å². The number of hydrogen-bond donors (Lipinski definition) is 2. The Bertz CT molecular complexity index is 367. The normalized spacial score (nSPS) is 11.8. The molecule has 0 bridgehead atoms. The molecule has 0 radical (unpaired) electrons. The molecule has 0 aromatic heterocycles. The van der Waals surface area contributed by atoms with E-state index in [0.29, 0.717) is 6.61 Å². The molecule has 0 spiro atoms. The van der Waals surface area contributed by atoms with Crippen LogP contribution in [0.1, 0.15) is 64.7 Å². The third-order valence-electron chi connectivity index (χ3n) is 3.52. The van der Waals surface area contributed by atoms with Crippen molar-refractivity contribution in [2.45, 2.75) is 70.8 Å². The molecule has 24 heavy (non-hydrogen) atoms. The van der Waals surface area contributed by atoms with Crippen molar-refractivity contribution < 1.29 is 29.3 Å². The minimum atomic E-state index is -1.11. The summed E-state index contributed by atoms with van der Waals surface area (Å²) in [5.74, 6) is -1.28. The van der Waals surface area contributed by atoms with E-state index in [9.17, 15) is 9.59 Å². The number of rotatable bonds is 15. The minimum absolute atomic E-state index is 0.0260. The van der Waals surface area contributed by atoms with Gasteiger partial charge < -0.3 is 19.7 Å². The third kappa shape index (κ3) is 13.1. The summed E-state index contributed by atoms with van der Waals surface area (Å²) >= 11 is 0. The van der Waals surface area contributed by atoms with Crippen molar-refractivity contribution in [1.29, 1.82) is 0 Å². The molecule has 0 rings (SSSR count). The molecule has 0 fully saturated rings. The van der Waals surface area contributed by atoms with Gasteiger partial charge in [0.1, 0.15) is 12.7 Å². The zero-order valence-electron chi connectivity index (χ0n) is 14.8. The topological polar surface area (TPSA) is 93.1 Å². The summed E-state index contributed by atoms with van der Waals surface area (Å²) in [6, 6.07) is 0. The molecule has 2 N–H and O–H groups in total. The van der Waals surface area contributed by atoms with E-state index in [4.69, 9.17) is 19.7 Å². The summed E-state index contributed by atoms with van der Waals surface area (Å²) in [5, 5.41) is 17.7. The van der Waals surface area contributed by atoms with Crippen LogP contribution in [0.5, 0.6) is 0 Å². The highest BCUT2D eigenvalue weighted by atomic mass is 16.5. The van der Waals surface area contributed by atoms with Crippen LogP contribution in [0.15, 0.2) is 12.2 Å². The van der Waals surface area contributed by atoms with Crippen molar-refractivity contribution >= 4 is 11.9 Å². The number of unbranched alkanes of at least 4 members (excludes halogenated alkanes) is 7. The number of hydrogen-bond acceptors (Lipinski definition) is 6. The second kappa shape index (κ2) is 15.1. The monoisotopic (exact) mass is 344 g/mol. The van der Waals surface area contributed by atoms with Crippen LogP contribution in [0.4, 0.5) is 0 Å². The fraction of sp³-hybridized carbons (Fsp3) is 0.778. The third-order valence-corrected chi connectivity index (χ3v) is 3.52. The maximum absolute atomic E-state index is 11.7. The zero-order chi connectivity index (χ0) is 18.2. The van der Waals surface area contributed by atoms with Crippen LogP contribution in [0, 0.1) is 0 Å². The van der Waals surface area contributed by atoms with Gasteiger partial charge in [-0.15, -0.1) is 0 Å². The predicted octanol–water partition coefficient (Wildman–Crippen LogP) is 2.51. The Morgan fingerprint density at radius 3 is 2.17 bits per heavy atom. The molecule has 6 heteroatoms. The molecule has 0 aliphatic carbocycles. The van der Waals surface area contributed by atoms with Gasteiger partial charge in [0, 0.05) is 5.57 Å². The lowest BCUT2D eigenvalue weighted by atomic mass is 10.1. The lowest BCUT2D eigenvalue weighted by Gasteiger charge is -2.09. The summed E-state index contributed by atoms with van der Waals surface area (Å²) in [7, 11) is 0. The molecule has 0 aromatic carbocycles. The highest BCUT2D eigenvalue weighted by Crippen LogP contribution is 2.09.